The lowest BCUT2D eigenvalue weighted by Crippen LogP contribution is -2.04. The van der Waals surface area contributed by atoms with Crippen molar-refractivity contribution < 1.29 is 0 Å². The van der Waals surface area contributed by atoms with Gasteiger partial charge < -0.3 is 0 Å². The van der Waals surface area contributed by atoms with Crippen LogP contribution in [0.25, 0.3) is 0 Å². The van der Waals surface area contributed by atoms with E-state index in [4.69, 9.17) is 0 Å². The van der Waals surface area contributed by atoms with Gasteiger partial charge in [-0.25, -0.2) is 0 Å². The van der Waals surface area contributed by atoms with E-state index in [0.717, 1.165) is 17.8 Å². The molecule has 0 N–H and O–H groups in total. The van der Waals surface area contributed by atoms with Gasteiger partial charge in [0, 0.05) is 0 Å². The van der Waals surface area contributed by atoms with E-state index < -0.39 is 0 Å². The number of rotatable bonds is 19. The highest BCUT2D eigenvalue weighted by molar-refractivity contribution is 4.88. The molecule has 0 heteroatoms. The summed E-state index contributed by atoms with van der Waals surface area (Å²) in [6.07, 6.45) is 28.8. The molecule has 0 fully saturated rings. The third kappa shape index (κ3) is 25.7. The van der Waals surface area contributed by atoms with Crippen LogP contribution in [0.3, 0.4) is 0 Å². The Hall–Kier alpha value is -0.260. The monoisotopic (exact) mass is 408 g/mol. The van der Waals surface area contributed by atoms with Gasteiger partial charge in [-0.05, 0) is 30.6 Å². The fourth-order valence-electron chi connectivity index (χ4n) is 3.84. The Balaban J connectivity index is 0. The Morgan fingerprint density at radius 2 is 1.03 bits per heavy atom. The van der Waals surface area contributed by atoms with Crippen LogP contribution in [0.15, 0.2) is 12.2 Å². The number of hydrogen-bond acceptors (Lipinski definition) is 0. The predicted molar refractivity (Wildman–Crippen MR) is 138 cm³/mol. The quantitative estimate of drug-likeness (QED) is 0.147. The van der Waals surface area contributed by atoms with Crippen LogP contribution in [0, 0.1) is 17.8 Å². The maximum absolute atomic E-state index is 2.45. The van der Waals surface area contributed by atoms with Gasteiger partial charge >= 0.3 is 0 Å². The van der Waals surface area contributed by atoms with Crippen molar-refractivity contribution in [3.8, 4) is 0 Å². The zero-order chi connectivity index (χ0) is 22.2. The van der Waals surface area contributed by atoms with Crippen molar-refractivity contribution in [1.82, 2.24) is 0 Å². The third-order valence-corrected chi connectivity index (χ3v) is 6.53. The second-order valence-corrected chi connectivity index (χ2v) is 9.68. The fourth-order valence-corrected chi connectivity index (χ4v) is 3.84. The summed E-state index contributed by atoms with van der Waals surface area (Å²) >= 11 is 0. The van der Waals surface area contributed by atoms with E-state index in [9.17, 15) is 0 Å². The van der Waals surface area contributed by atoms with Crippen LogP contribution in [-0.2, 0) is 0 Å². The van der Waals surface area contributed by atoms with Gasteiger partial charge in [0.25, 0.3) is 0 Å². The minimum Gasteiger partial charge on any atom is -0.0883 e. The normalized spacial score (nSPS) is 14.4. The van der Waals surface area contributed by atoms with Crippen LogP contribution >= 0.6 is 0 Å². The molecule has 0 amide bonds. The van der Waals surface area contributed by atoms with E-state index in [0.29, 0.717) is 0 Å². The Morgan fingerprint density at radius 3 is 1.45 bits per heavy atom. The second-order valence-electron chi connectivity index (χ2n) is 9.68. The Bertz CT molecular complexity index is 303. The zero-order valence-corrected chi connectivity index (χ0v) is 21.9. The van der Waals surface area contributed by atoms with Crippen LogP contribution in [-0.4, -0.2) is 0 Å². The summed E-state index contributed by atoms with van der Waals surface area (Å²) in [5.74, 6) is 2.55. The predicted octanol–water partition coefficient (Wildman–Crippen LogP) is 11.1. The van der Waals surface area contributed by atoms with E-state index in [2.05, 4.69) is 60.6 Å². The molecule has 0 aromatic carbocycles. The molecule has 176 valence electrons. The first-order chi connectivity index (χ1) is 14.0. The van der Waals surface area contributed by atoms with Gasteiger partial charge in [-0.15, -0.1) is 0 Å². The molecule has 0 rings (SSSR count). The van der Waals surface area contributed by atoms with E-state index in [1.54, 1.807) is 0 Å². The Kier molecular flexibility index (Phi) is 27.5. The molecule has 0 spiro atoms. The van der Waals surface area contributed by atoms with Crippen molar-refractivity contribution in [2.24, 2.45) is 17.8 Å². The molecule has 3 unspecified atom stereocenters. The largest absolute Gasteiger partial charge is 0.0883 e. The summed E-state index contributed by atoms with van der Waals surface area (Å²) in [5.41, 5.74) is 0. The SMILES string of the molecule is CCCC(C)CC.CCCCCCCCCCCCCC=CC(C)C(C)CCC. The molecule has 0 aliphatic rings. The molecular weight excluding hydrogens is 348 g/mol. The van der Waals surface area contributed by atoms with E-state index in [-0.39, 0.29) is 0 Å². The average molecular weight is 409 g/mol. The van der Waals surface area contributed by atoms with Gasteiger partial charge in [0.15, 0.2) is 0 Å². The molecule has 0 aromatic heterocycles. The van der Waals surface area contributed by atoms with Crippen molar-refractivity contribution in [3.63, 3.8) is 0 Å². The smallest absolute Gasteiger partial charge is 0.0236 e. The lowest BCUT2D eigenvalue weighted by molar-refractivity contribution is 0.423. The molecule has 0 heterocycles. The molecule has 0 saturated carbocycles. The second kappa shape index (κ2) is 25.8. The van der Waals surface area contributed by atoms with Crippen LogP contribution < -0.4 is 0 Å². The molecule has 0 radical (unpaired) electrons. The fraction of sp³-hybridized carbons (Fsp3) is 0.931. The highest BCUT2D eigenvalue weighted by atomic mass is 14.1. The van der Waals surface area contributed by atoms with Crippen LogP contribution in [0.5, 0.6) is 0 Å². The van der Waals surface area contributed by atoms with E-state index >= 15 is 0 Å². The van der Waals surface area contributed by atoms with Crippen molar-refractivity contribution in [2.75, 3.05) is 0 Å². The van der Waals surface area contributed by atoms with Crippen molar-refractivity contribution in [1.29, 1.82) is 0 Å². The lowest BCUT2D eigenvalue weighted by atomic mass is 9.91. The molecule has 0 bridgehead atoms. The maximum Gasteiger partial charge on any atom is -0.0236 e. The topological polar surface area (TPSA) is 0 Å². The molecule has 0 aliphatic carbocycles. The van der Waals surface area contributed by atoms with Crippen LogP contribution in [0.2, 0.25) is 0 Å². The molecule has 0 aliphatic heterocycles. The van der Waals surface area contributed by atoms with E-state index in [1.165, 1.54) is 109 Å². The molecule has 29 heavy (non-hydrogen) atoms. The first-order valence-corrected chi connectivity index (χ1v) is 13.7. The first kappa shape index (κ1) is 30.9. The summed E-state index contributed by atoms with van der Waals surface area (Å²) in [7, 11) is 0. The zero-order valence-electron chi connectivity index (χ0n) is 21.9. The maximum atomic E-state index is 2.45. The third-order valence-electron chi connectivity index (χ3n) is 6.53. The standard InChI is InChI=1S/C22H44.C7H16/c1-5-7-8-9-10-11-12-13-14-15-16-17-18-20-22(4)21(3)19-6-2;1-4-6-7(3)5-2/h18,20-22H,5-17,19H2,1-4H3;7H,4-6H2,1-3H3. The van der Waals surface area contributed by atoms with Gasteiger partial charge in [0.2, 0.25) is 0 Å². The Labute approximate surface area is 187 Å². The van der Waals surface area contributed by atoms with Crippen LogP contribution in [0.4, 0.5) is 0 Å². The highest BCUT2D eigenvalue weighted by Crippen LogP contribution is 2.18. The summed E-state index contributed by atoms with van der Waals surface area (Å²) in [6.45, 7) is 16.1. The number of hydrogen-bond donors (Lipinski definition) is 0. The lowest BCUT2D eigenvalue weighted by Gasteiger charge is -2.15. The molecule has 0 aromatic rings. The van der Waals surface area contributed by atoms with E-state index in [1.807, 2.05) is 0 Å². The van der Waals surface area contributed by atoms with Gasteiger partial charge in [0.1, 0.15) is 0 Å². The van der Waals surface area contributed by atoms with Crippen molar-refractivity contribution >= 4 is 0 Å². The van der Waals surface area contributed by atoms with Gasteiger partial charge in [-0.3, -0.25) is 0 Å². The van der Waals surface area contributed by atoms with Crippen molar-refractivity contribution in [2.45, 2.75) is 158 Å². The number of allylic oxidation sites excluding steroid dienone is 2. The van der Waals surface area contributed by atoms with Crippen molar-refractivity contribution in [3.05, 3.63) is 12.2 Å². The first-order valence-electron chi connectivity index (χ1n) is 13.7. The summed E-state index contributed by atoms with van der Waals surface area (Å²) in [5, 5.41) is 0. The van der Waals surface area contributed by atoms with Gasteiger partial charge in [-0.1, -0.05) is 157 Å². The summed E-state index contributed by atoms with van der Waals surface area (Å²) in [6, 6.07) is 0. The van der Waals surface area contributed by atoms with Gasteiger partial charge in [-0.2, -0.15) is 0 Å². The molecule has 0 saturated heterocycles. The average Bonchev–Trinajstić information content (AvgIpc) is 2.72. The summed E-state index contributed by atoms with van der Waals surface area (Å²) in [4.78, 5) is 0. The molecule has 0 nitrogen and oxygen atoms in total. The minimum absolute atomic E-state index is 0.757. The van der Waals surface area contributed by atoms with Crippen LogP contribution in [0.1, 0.15) is 158 Å². The molecule has 3 atom stereocenters. The van der Waals surface area contributed by atoms with Gasteiger partial charge in [0.05, 0.1) is 0 Å². The number of unbranched alkanes of at least 4 members (excludes halogenated alkanes) is 11. The molecular formula is C29H60. The Morgan fingerprint density at radius 1 is 0.552 bits per heavy atom. The summed E-state index contributed by atoms with van der Waals surface area (Å²) < 4.78 is 0. The highest BCUT2D eigenvalue weighted by Gasteiger charge is 2.06. The minimum atomic E-state index is 0.757.